The third-order valence-corrected chi connectivity index (χ3v) is 7.72. The average Bonchev–Trinajstić information content (AvgIpc) is 2.82. The highest BCUT2D eigenvalue weighted by atomic mass is 32.2. The molecule has 1 saturated heterocycles. The smallest absolute Gasteiger partial charge is 0.283 e. The van der Waals surface area contributed by atoms with Crippen molar-refractivity contribution in [2.45, 2.75) is 50.5 Å². The van der Waals surface area contributed by atoms with Crippen LogP contribution in [-0.4, -0.2) is 25.7 Å². The van der Waals surface area contributed by atoms with Crippen LogP contribution in [0.1, 0.15) is 48.8 Å². The van der Waals surface area contributed by atoms with E-state index in [9.17, 15) is 8.42 Å². The predicted octanol–water partition coefficient (Wildman–Crippen LogP) is 6.19. The maximum atomic E-state index is 13.3. The number of hydrogen-bond donors (Lipinski definition) is 0. The van der Waals surface area contributed by atoms with E-state index in [2.05, 4.69) is 52.6 Å². The monoisotopic (exact) mass is 460 g/mol. The van der Waals surface area contributed by atoms with E-state index in [1.165, 1.54) is 5.56 Å². The Labute approximate surface area is 198 Å². The molecule has 3 aromatic rings. The van der Waals surface area contributed by atoms with Gasteiger partial charge >= 0.3 is 0 Å². The molecule has 5 heteroatoms. The number of hydrogen-bond acceptors (Lipinski definition) is 2. The molecule has 1 heterocycles. The molecule has 0 spiro atoms. The Balaban J connectivity index is 1.68. The molecule has 0 aromatic heterocycles. The molecule has 0 aliphatic carbocycles. The van der Waals surface area contributed by atoms with Gasteiger partial charge in [-0.2, -0.15) is 8.42 Å². The molecule has 0 saturated carbocycles. The summed E-state index contributed by atoms with van der Waals surface area (Å²) in [4.78, 5) is 2.42. The van der Waals surface area contributed by atoms with Crippen molar-refractivity contribution in [1.29, 1.82) is 0 Å². The van der Waals surface area contributed by atoms with E-state index in [4.69, 9.17) is 0 Å². The summed E-state index contributed by atoms with van der Waals surface area (Å²) in [6, 6.07) is 27.6. The second kappa shape index (κ2) is 10.3. The highest BCUT2D eigenvalue weighted by Gasteiger charge is 2.31. The summed E-state index contributed by atoms with van der Waals surface area (Å²) in [5, 5.41) is 0. The van der Waals surface area contributed by atoms with Crippen LogP contribution in [0.4, 0.5) is 0 Å². The van der Waals surface area contributed by atoms with E-state index in [0.717, 1.165) is 36.9 Å². The number of benzene rings is 3. The van der Waals surface area contributed by atoms with E-state index in [0.29, 0.717) is 18.3 Å². The normalized spacial score (nSPS) is 18.9. The molecule has 0 N–H and O–H groups in total. The van der Waals surface area contributed by atoms with Gasteiger partial charge in [-0.15, -0.1) is 4.40 Å². The van der Waals surface area contributed by atoms with Crippen LogP contribution < -0.4 is 0 Å². The van der Waals surface area contributed by atoms with Crippen molar-refractivity contribution in [3.05, 3.63) is 102 Å². The van der Waals surface area contributed by atoms with Gasteiger partial charge in [0.25, 0.3) is 10.0 Å². The topological polar surface area (TPSA) is 49.7 Å². The number of sulfonamides is 1. The Bertz CT molecular complexity index is 1170. The van der Waals surface area contributed by atoms with Gasteiger partial charge in [-0.05, 0) is 55.4 Å². The summed E-state index contributed by atoms with van der Waals surface area (Å²) in [6.07, 6.45) is 2.85. The van der Waals surface area contributed by atoms with Crippen LogP contribution in [0, 0.1) is 12.8 Å². The van der Waals surface area contributed by atoms with Gasteiger partial charge in [-0.3, -0.25) is 0 Å². The summed E-state index contributed by atoms with van der Waals surface area (Å²) >= 11 is 0. The Morgan fingerprint density at radius 3 is 2.24 bits per heavy atom. The lowest BCUT2D eigenvalue weighted by molar-refractivity contribution is 0.311. The molecule has 1 fully saturated rings. The van der Waals surface area contributed by atoms with Crippen LogP contribution in [0.3, 0.4) is 0 Å². The first kappa shape index (κ1) is 23.2. The number of aryl methyl sites for hydroxylation is 1. The van der Waals surface area contributed by atoms with Crippen LogP contribution >= 0.6 is 0 Å². The highest BCUT2D eigenvalue weighted by Crippen LogP contribution is 2.32. The zero-order chi connectivity index (χ0) is 23.3. The molecule has 4 rings (SSSR count). The summed E-state index contributed by atoms with van der Waals surface area (Å²) in [5.41, 5.74) is 3.47. The third kappa shape index (κ3) is 5.91. The van der Waals surface area contributed by atoms with Crippen molar-refractivity contribution in [2.75, 3.05) is 6.54 Å². The van der Waals surface area contributed by atoms with Gasteiger partial charge in [0.05, 0.1) is 4.90 Å². The minimum absolute atomic E-state index is 0.0953. The van der Waals surface area contributed by atoms with Gasteiger partial charge in [0.15, 0.2) is 0 Å². The quantitative estimate of drug-likeness (QED) is 0.422. The predicted molar refractivity (Wildman–Crippen MR) is 135 cm³/mol. The van der Waals surface area contributed by atoms with Gasteiger partial charge in [0.1, 0.15) is 5.84 Å². The Morgan fingerprint density at radius 1 is 0.939 bits per heavy atom. The fraction of sp³-hybridized carbons (Fsp3) is 0.321. The van der Waals surface area contributed by atoms with E-state index in [1.807, 2.05) is 43.3 Å². The lowest BCUT2D eigenvalue weighted by atomic mass is 9.84. The fourth-order valence-corrected chi connectivity index (χ4v) is 5.68. The molecule has 0 amide bonds. The Kier molecular flexibility index (Phi) is 7.29. The SMILES string of the molecule is Cc1ccc(S(=O)(=O)N=C2C(CC(C)c3ccccc3)CCCN2Cc2ccccc2)cc1. The Morgan fingerprint density at radius 2 is 1.58 bits per heavy atom. The second-order valence-corrected chi connectivity index (χ2v) is 10.6. The lowest BCUT2D eigenvalue weighted by Crippen LogP contribution is -2.41. The molecule has 1 aliphatic rings. The first-order valence-corrected chi connectivity index (χ1v) is 13.1. The van der Waals surface area contributed by atoms with Crippen molar-refractivity contribution in [1.82, 2.24) is 4.90 Å². The van der Waals surface area contributed by atoms with Crippen LogP contribution in [0.2, 0.25) is 0 Å². The molecule has 2 atom stereocenters. The van der Waals surface area contributed by atoms with Crippen molar-refractivity contribution in [3.63, 3.8) is 0 Å². The van der Waals surface area contributed by atoms with Gasteiger partial charge in [0, 0.05) is 19.0 Å². The largest absolute Gasteiger partial charge is 0.355 e. The van der Waals surface area contributed by atoms with Crippen molar-refractivity contribution in [3.8, 4) is 0 Å². The van der Waals surface area contributed by atoms with Crippen LogP contribution in [0.15, 0.2) is 94.2 Å². The number of rotatable bonds is 7. The molecule has 0 radical (unpaired) electrons. The Hall–Kier alpha value is -2.92. The van der Waals surface area contributed by atoms with Crippen LogP contribution in [0.5, 0.6) is 0 Å². The molecule has 33 heavy (non-hydrogen) atoms. The van der Waals surface area contributed by atoms with Crippen molar-refractivity contribution < 1.29 is 8.42 Å². The summed E-state index contributed by atoms with van der Waals surface area (Å²) in [6.45, 7) is 5.65. The van der Waals surface area contributed by atoms with E-state index >= 15 is 0 Å². The molecule has 3 aromatic carbocycles. The molecule has 4 nitrogen and oxygen atoms in total. The fourth-order valence-electron chi connectivity index (χ4n) is 4.58. The van der Waals surface area contributed by atoms with Crippen LogP contribution in [-0.2, 0) is 16.6 Å². The first-order valence-electron chi connectivity index (χ1n) is 11.7. The van der Waals surface area contributed by atoms with E-state index in [-0.39, 0.29) is 10.8 Å². The standard InChI is InChI=1S/C28H32N2O2S/c1-22-15-17-27(18-16-22)33(31,32)29-28-26(20-23(2)25-12-7-4-8-13-25)14-9-19-30(28)21-24-10-5-3-6-11-24/h3-8,10-13,15-18,23,26H,9,14,19-21H2,1-2H3. The molecule has 1 aliphatic heterocycles. The van der Waals surface area contributed by atoms with Crippen molar-refractivity contribution in [2.24, 2.45) is 10.3 Å². The van der Waals surface area contributed by atoms with Gasteiger partial charge in [-0.25, -0.2) is 0 Å². The maximum Gasteiger partial charge on any atom is 0.283 e. The van der Waals surface area contributed by atoms with Gasteiger partial charge in [-0.1, -0.05) is 85.3 Å². The zero-order valence-corrected chi connectivity index (χ0v) is 20.2. The molecule has 172 valence electrons. The first-order chi connectivity index (χ1) is 15.9. The minimum Gasteiger partial charge on any atom is -0.355 e. The highest BCUT2D eigenvalue weighted by molar-refractivity contribution is 7.90. The summed E-state index contributed by atoms with van der Waals surface area (Å²) < 4.78 is 31.1. The van der Waals surface area contributed by atoms with Gasteiger partial charge in [0.2, 0.25) is 0 Å². The average molecular weight is 461 g/mol. The molecule has 0 bridgehead atoms. The number of amidine groups is 1. The van der Waals surface area contributed by atoms with E-state index in [1.54, 1.807) is 12.1 Å². The summed E-state index contributed by atoms with van der Waals surface area (Å²) in [5.74, 6) is 1.12. The zero-order valence-electron chi connectivity index (χ0n) is 19.4. The number of nitrogens with zero attached hydrogens (tertiary/aromatic N) is 2. The third-order valence-electron chi connectivity index (χ3n) is 6.43. The number of piperidine rings is 1. The molecule has 2 unspecified atom stereocenters. The second-order valence-electron chi connectivity index (χ2n) is 9.03. The summed E-state index contributed by atoms with van der Waals surface area (Å²) in [7, 11) is -3.79. The number of likely N-dealkylation sites (tertiary alicyclic amines) is 1. The maximum absolute atomic E-state index is 13.3. The molecular weight excluding hydrogens is 428 g/mol. The molecular formula is C28H32N2O2S. The van der Waals surface area contributed by atoms with Gasteiger partial charge < -0.3 is 4.90 Å². The van der Waals surface area contributed by atoms with E-state index < -0.39 is 10.0 Å². The van der Waals surface area contributed by atoms with Crippen LogP contribution in [0.25, 0.3) is 0 Å². The lowest BCUT2D eigenvalue weighted by Gasteiger charge is -2.37. The van der Waals surface area contributed by atoms with Crippen molar-refractivity contribution >= 4 is 15.9 Å². The minimum atomic E-state index is -3.79.